The highest BCUT2D eigenvalue weighted by molar-refractivity contribution is 6.33. The number of carbonyl (C=O) groups is 2. The van der Waals surface area contributed by atoms with Crippen LogP contribution in [0.15, 0.2) is 17.7 Å². The van der Waals surface area contributed by atoms with Gasteiger partial charge in [0.15, 0.2) is 5.78 Å². The molecule has 0 bridgehead atoms. The molecule has 1 aromatic rings. The lowest BCUT2D eigenvalue weighted by atomic mass is 10.0. The number of carbonyl (C=O) groups excluding carboxylic acids is 2. The first-order valence-electron chi connectivity index (χ1n) is 5.04. The molecule has 0 saturated heterocycles. The van der Waals surface area contributed by atoms with E-state index in [1.165, 1.54) is 6.92 Å². The van der Waals surface area contributed by atoms with E-state index in [-0.39, 0.29) is 17.1 Å². The lowest BCUT2D eigenvalue weighted by Gasteiger charge is -2.04. The van der Waals surface area contributed by atoms with Gasteiger partial charge in [-0.1, -0.05) is 0 Å². The fourth-order valence-corrected chi connectivity index (χ4v) is 1.90. The van der Waals surface area contributed by atoms with Crippen molar-refractivity contribution in [3.8, 4) is 0 Å². The molecular formula is C13H12O3. The molecule has 0 spiro atoms. The third-order valence-electron chi connectivity index (χ3n) is 2.95. The number of rotatable bonds is 1. The summed E-state index contributed by atoms with van der Waals surface area (Å²) in [5, 5.41) is 9.84. The second-order valence-electron chi connectivity index (χ2n) is 4.09. The minimum atomic E-state index is -0.394. The Kier molecular flexibility index (Phi) is 2.19. The van der Waals surface area contributed by atoms with Crippen LogP contribution in [0.2, 0.25) is 0 Å². The van der Waals surface area contributed by atoms with Gasteiger partial charge in [-0.15, -0.1) is 0 Å². The number of aliphatic hydroxyl groups excluding tert-OH is 1. The van der Waals surface area contributed by atoms with Gasteiger partial charge in [-0.3, -0.25) is 9.59 Å². The summed E-state index contributed by atoms with van der Waals surface area (Å²) in [6.07, 6.45) is 0. The number of aryl methyl sites for hydroxylation is 2. The van der Waals surface area contributed by atoms with Crippen LogP contribution in [0.4, 0.5) is 0 Å². The fraction of sp³-hybridized carbons (Fsp3) is 0.231. The van der Waals surface area contributed by atoms with E-state index in [0.717, 1.165) is 11.1 Å². The van der Waals surface area contributed by atoms with Crippen molar-refractivity contribution in [1.82, 2.24) is 0 Å². The Hall–Kier alpha value is -1.90. The average Bonchev–Trinajstić information content (AvgIpc) is 2.41. The van der Waals surface area contributed by atoms with Gasteiger partial charge < -0.3 is 5.11 Å². The summed E-state index contributed by atoms with van der Waals surface area (Å²) in [4.78, 5) is 23.1. The maximum absolute atomic E-state index is 11.9. The number of fused-ring (bicyclic) bond motifs is 1. The second kappa shape index (κ2) is 3.30. The van der Waals surface area contributed by atoms with Crippen LogP contribution < -0.4 is 0 Å². The van der Waals surface area contributed by atoms with E-state index in [2.05, 4.69) is 0 Å². The highest BCUT2D eigenvalue weighted by Gasteiger charge is 2.32. The molecule has 0 heterocycles. The first-order valence-corrected chi connectivity index (χ1v) is 5.04. The van der Waals surface area contributed by atoms with E-state index < -0.39 is 5.78 Å². The van der Waals surface area contributed by atoms with E-state index >= 15 is 0 Å². The van der Waals surface area contributed by atoms with Crippen molar-refractivity contribution in [2.24, 2.45) is 0 Å². The van der Waals surface area contributed by atoms with E-state index in [0.29, 0.717) is 11.1 Å². The van der Waals surface area contributed by atoms with Crippen LogP contribution in [0.1, 0.15) is 34.0 Å². The van der Waals surface area contributed by atoms with Gasteiger partial charge in [0.1, 0.15) is 11.3 Å². The lowest BCUT2D eigenvalue weighted by Crippen LogP contribution is -2.06. The Morgan fingerprint density at radius 1 is 1.12 bits per heavy atom. The summed E-state index contributed by atoms with van der Waals surface area (Å²) in [6, 6.07) is 3.47. The van der Waals surface area contributed by atoms with Gasteiger partial charge >= 0.3 is 0 Å². The Labute approximate surface area is 93.4 Å². The highest BCUT2D eigenvalue weighted by atomic mass is 16.3. The van der Waals surface area contributed by atoms with Gasteiger partial charge in [-0.2, -0.15) is 0 Å². The van der Waals surface area contributed by atoms with E-state index in [9.17, 15) is 14.7 Å². The van der Waals surface area contributed by atoms with Gasteiger partial charge in [0, 0.05) is 11.1 Å². The number of Topliss-reactive ketones (excluding diaryl/α,β-unsaturated/α-hetero) is 2. The van der Waals surface area contributed by atoms with Crippen LogP contribution in [0.5, 0.6) is 0 Å². The molecule has 0 aliphatic heterocycles. The summed E-state index contributed by atoms with van der Waals surface area (Å²) in [7, 11) is 0. The molecule has 3 nitrogen and oxygen atoms in total. The Morgan fingerprint density at radius 2 is 1.62 bits per heavy atom. The Balaban J connectivity index is 2.72. The fourth-order valence-electron chi connectivity index (χ4n) is 1.90. The zero-order valence-electron chi connectivity index (χ0n) is 9.42. The SMILES string of the molecule is CC(=O)C1=C(O)c2cc(C)c(C)cc2C1=O. The van der Waals surface area contributed by atoms with Crippen LogP contribution in [0, 0.1) is 13.8 Å². The number of hydrogen-bond donors (Lipinski definition) is 1. The molecule has 1 aliphatic rings. The normalized spacial score (nSPS) is 14.3. The zero-order valence-corrected chi connectivity index (χ0v) is 9.42. The topological polar surface area (TPSA) is 54.4 Å². The van der Waals surface area contributed by atoms with E-state index in [1.807, 2.05) is 13.8 Å². The number of allylic oxidation sites excluding steroid dienone is 1. The molecule has 0 unspecified atom stereocenters. The van der Waals surface area contributed by atoms with Crippen molar-refractivity contribution >= 4 is 17.3 Å². The first kappa shape index (κ1) is 10.6. The smallest absolute Gasteiger partial charge is 0.201 e. The van der Waals surface area contributed by atoms with Crippen molar-refractivity contribution in [3.05, 3.63) is 40.0 Å². The molecule has 1 aliphatic carbocycles. The zero-order chi connectivity index (χ0) is 12.0. The van der Waals surface area contributed by atoms with Crippen LogP contribution in [0.25, 0.3) is 5.76 Å². The van der Waals surface area contributed by atoms with E-state index in [1.54, 1.807) is 12.1 Å². The van der Waals surface area contributed by atoms with Gasteiger partial charge in [0.25, 0.3) is 0 Å². The number of hydrogen-bond acceptors (Lipinski definition) is 3. The maximum atomic E-state index is 11.9. The molecule has 2 rings (SSSR count). The van der Waals surface area contributed by atoms with Crippen LogP contribution in [0.3, 0.4) is 0 Å². The highest BCUT2D eigenvalue weighted by Crippen LogP contribution is 2.33. The third kappa shape index (κ3) is 1.28. The number of benzene rings is 1. The van der Waals surface area contributed by atoms with E-state index in [4.69, 9.17) is 0 Å². The van der Waals surface area contributed by atoms with Gasteiger partial charge in [0.2, 0.25) is 5.78 Å². The molecule has 1 aromatic carbocycles. The predicted molar refractivity (Wildman–Crippen MR) is 60.5 cm³/mol. The quantitative estimate of drug-likeness (QED) is 0.733. The summed E-state index contributed by atoms with van der Waals surface area (Å²) in [5.74, 6) is -0.951. The summed E-state index contributed by atoms with van der Waals surface area (Å²) < 4.78 is 0. The standard InChI is InChI=1S/C13H12O3/c1-6-4-9-10(5-7(6)2)13(16)11(8(3)14)12(9)15/h4-5,15H,1-3H3. The number of aliphatic hydroxyl groups is 1. The molecule has 82 valence electrons. The van der Waals surface area contributed by atoms with Crippen molar-refractivity contribution in [2.75, 3.05) is 0 Å². The molecule has 0 atom stereocenters. The van der Waals surface area contributed by atoms with Crippen LogP contribution in [-0.4, -0.2) is 16.7 Å². The molecule has 0 radical (unpaired) electrons. The van der Waals surface area contributed by atoms with Crippen LogP contribution in [-0.2, 0) is 4.79 Å². The molecular weight excluding hydrogens is 204 g/mol. The van der Waals surface area contributed by atoms with Crippen molar-refractivity contribution < 1.29 is 14.7 Å². The first-order chi connectivity index (χ1) is 7.43. The Bertz CT molecular complexity index is 551. The van der Waals surface area contributed by atoms with Crippen molar-refractivity contribution in [3.63, 3.8) is 0 Å². The Morgan fingerprint density at radius 3 is 2.12 bits per heavy atom. The van der Waals surface area contributed by atoms with Crippen LogP contribution >= 0.6 is 0 Å². The number of ketones is 2. The summed E-state index contributed by atoms with van der Waals surface area (Å²) in [6.45, 7) is 5.08. The second-order valence-corrected chi connectivity index (χ2v) is 4.09. The van der Waals surface area contributed by atoms with Gasteiger partial charge in [-0.05, 0) is 44.0 Å². The molecule has 0 fully saturated rings. The third-order valence-corrected chi connectivity index (χ3v) is 2.95. The van der Waals surface area contributed by atoms with Crippen molar-refractivity contribution in [2.45, 2.75) is 20.8 Å². The van der Waals surface area contributed by atoms with Gasteiger partial charge in [0.05, 0.1) is 0 Å². The molecule has 0 amide bonds. The molecule has 0 aromatic heterocycles. The molecule has 0 saturated carbocycles. The summed E-state index contributed by atoms with van der Waals surface area (Å²) in [5.41, 5.74) is 2.76. The molecule has 16 heavy (non-hydrogen) atoms. The minimum absolute atomic E-state index is 0.0972. The monoisotopic (exact) mass is 216 g/mol. The molecule has 1 N–H and O–H groups in total. The average molecular weight is 216 g/mol. The molecule has 3 heteroatoms. The summed E-state index contributed by atoms with van der Waals surface area (Å²) >= 11 is 0. The minimum Gasteiger partial charge on any atom is -0.506 e. The van der Waals surface area contributed by atoms with Crippen molar-refractivity contribution in [1.29, 1.82) is 0 Å². The lowest BCUT2D eigenvalue weighted by molar-refractivity contribution is -0.113. The van der Waals surface area contributed by atoms with Gasteiger partial charge in [-0.25, -0.2) is 0 Å². The largest absolute Gasteiger partial charge is 0.506 e. The predicted octanol–water partition coefficient (Wildman–Crippen LogP) is 2.36. The maximum Gasteiger partial charge on any atom is 0.201 e.